The lowest BCUT2D eigenvalue weighted by Crippen LogP contribution is -2.21. The Kier molecular flexibility index (Phi) is 7.86. The predicted molar refractivity (Wildman–Crippen MR) is 115 cm³/mol. The smallest absolute Gasteiger partial charge is 0.490 e. The van der Waals surface area contributed by atoms with Crippen molar-refractivity contribution in [3.8, 4) is 29.1 Å². The van der Waals surface area contributed by atoms with Gasteiger partial charge in [-0.3, -0.25) is 4.98 Å². The van der Waals surface area contributed by atoms with Gasteiger partial charge >= 0.3 is 18.2 Å². The second kappa shape index (κ2) is 10.8. The van der Waals surface area contributed by atoms with Gasteiger partial charge in [-0.2, -0.15) is 23.1 Å². The van der Waals surface area contributed by atoms with Crippen LogP contribution in [0.5, 0.6) is 29.1 Å². The predicted octanol–water partition coefficient (Wildman–Crippen LogP) is 4.59. The van der Waals surface area contributed by atoms with Crippen molar-refractivity contribution in [2.75, 3.05) is 7.11 Å². The number of halogens is 4. The van der Waals surface area contributed by atoms with E-state index in [1.54, 1.807) is 25.6 Å². The molecule has 4 heterocycles. The van der Waals surface area contributed by atoms with E-state index >= 15 is 0 Å². The number of fused-ring (bicyclic) bond motifs is 1. The van der Waals surface area contributed by atoms with Crippen molar-refractivity contribution in [2.45, 2.75) is 19.5 Å². The third-order valence-corrected chi connectivity index (χ3v) is 4.51. The fourth-order valence-corrected chi connectivity index (χ4v) is 2.89. The molecule has 2 N–H and O–H groups in total. The molecule has 35 heavy (non-hydrogen) atoms. The van der Waals surface area contributed by atoms with Crippen LogP contribution >= 0.6 is 11.6 Å². The number of ether oxygens (including phenoxy) is 3. The largest absolute Gasteiger partial charge is 0.495 e. The summed E-state index contributed by atoms with van der Waals surface area (Å²) in [4.78, 5) is 32.7. The molecule has 4 aromatic heterocycles. The number of hydrogen-bond acceptors (Lipinski definition) is 9. The molecule has 0 aliphatic heterocycles. The summed E-state index contributed by atoms with van der Waals surface area (Å²) in [7, 11) is 1.55. The second-order valence-corrected chi connectivity index (χ2v) is 6.83. The molecule has 0 amide bonds. The topological polar surface area (TPSA) is 145 Å². The number of aromatic amines is 1. The number of aryl methyl sites for hydroxylation is 1. The Morgan fingerprint density at radius 3 is 2.29 bits per heavy atom. The quantitative estimate of drug-likeness (QED) is 0.376. The number of carbonyl (C=O) groups is 1. The zero-order valence-corrected chi connectivity index (χ0v) is 18.8. The molecule has 11 nitrogen and oxygen atoms in total. The van der Waals surface area contributed by atoms with E-state index in [0.717, 1.165) is 5.69 Å². The second-order valence-electron chi connectivity index (χ2n) is 6.45. The molecule has 4 aromatic rings. The van der Waals surface area contributed by atoms with E-state index < -0.39 is 12.1 Å². The van der Waals surface area contributed by atoms with E-state index in [0.29, 0.717) is 39.7 Å². The molecule has 4 rings (SSSR count). The zero-order chi connectivity index (χ0) is 25.6. The number of aromatic nitrogens is 6. The number of H-pyrrole nitrogens is 1. The molecule has 0 saturated carbocycles. The highest BCUT2D eigenvalue weighted by atomic mass is 35.5. The van der Waals surface area contributed by atoms with Gasteiger partial charge in [0.05, 0.1) is 36.9 Å². The number of nitrogens with zero attached hydrogens (tertiary/aromatic N) is 5. The number of nitrogens with one attached hydrogen (secondary N) is 1. The molecule has 0 saturated heterocycles. The molecular formula is C20H16ClF3N6O5. The Morgan fingerprint density at radius 1 is 1.06 bits per heavy atom. The molecule has 0 atom stereocenters. The summed E-state index contributed by atoms with van der Waals surface area (Å²) in [6.07, 6.45) is 3.14. The normalized spacial score (nSPS) is 10.9. The van der Waals surface area contributed by atoms with Crippen LogP contribution in [-0.2, 0) is 11.2 Å². The average molecular weight is 513 g/mol. The Labute approximate surface area is 199 Å². The number of aliphatic carboxylic acids is 1. The molecule has 0 spiro atoms. The minimum atomic E-state index is -5.08. The van der Waals surface area contributed by atoms with Gasteiger partial charge in [0, 0.05) is 11.8 Å². The average Bonchev–Trinajstić information content (AvgIpc) is 3.15. The summed E-state index contributed by atoms with van der Waals surface area (Å²) >= 11 is 6.51. The maximum absolute atomic E-state index is 10.6. The van der Waals surface area contributed by atoms with Crippen molar-refractivity contribution >= 4 is 28.6 Å². The van der Waals surface area contributed by atoms with Gasteiger partial charge in [-0.05, 0) is 6.42 Å². The van der Waals surface area contributed by atoms with Gasteiger partial charge in [-0.25, -0.2) is 14.8 Å². The first-order valence-electron chi connectivity index (χ1n) is 9.60. The lowest BCUT2D eigenvalue weighted by Gasteiger charge is -2.09. The van der Waals surface area contributed by atoms with Gasteiger partial charge in [0.1, 0.15) is 23.1 Å². The van der Waals surface area contributed by atoms with E-state index in [-0.39, 0.29) is 11.9 Å². The molecule has 0 radical (unpaired) electrons. The van der Waals surface area contributed by atoms with E-state index in [1.807, 2.05) is 6.92 Å². The summed E-state index contributed by atoms with van der Waals surface area (Å²) in [5, 5.41) is 8.18. The summed E-state index contributed by atoms with van der Waals surface area (Å²) < 4.78 is 48.5. The maximum Gasteiger partial charge on any atom is 0.490 e. The van der Waals surface area contributed by atoms with Crippen LogP contribution in [0.1, 0.15) is 12.6 Å². The number of alkyl halides is 3. The third kappa shape index (κ3) is 6.44. The van der Waals surface area contributed by atoms with Crippen molar-refractivity contribution in [3.63, 3.8) is 0 Å². The monoisotopic (exact) mass is 512 g/mol. The first-order valence-corrected chi connectivity index (χ1v) is 9.98. The van der Waals surface area contributed by atoms with Crippen molar-refractivity contribution in [1.82, 2.24) is 29.9 Å². The minimum absolute atomic E-state index is 0.0636. The molecule has 0 aliphatic carbocycles. The van der Waals surface area contributed by atoms with E-state index in [1.165, 1.54) is 18.7 Å². The van der Waals surface area contributed by atoms with Gasteiger partial charge in [0.25, 0.3) is 0 Å². The lowest BCUT2D eigenvalue weighted by molar-refractivity contribution is -0.192. The van der Waals surface area contributed by atoms with Crippen LogP contribution in [-0.4, -0.2) is 54.3 Å². The Morgan fingerprint density at radius 2 is 1.69 bits per heavy atom. The van der Waals surface area contributed by atoms with Crippen LogP contribution in [0.2, 0.25) is 5.02 Å². The zero-order valence-electron chi connectivity index (χ0n) is 18.0. The van der Waals surface area contributed by atoms with Crippen LogP contribution in [0, 0.1) is 0 Å². The SMILES string of the molecule is CCc1[nH]c2nc(Oc3cncnc3)nc(Oc3cncc(OC)c3)c2c1Cl.O=C(O)C(F)(F)F. The first kappa shape index (κ1) is 25.4. The molecule has 0 aliphatic rings. The van der Waals surface area contributed by atoms with Gasteiger partial charge in [-0.15, -0.1) is 0 Å². The number of carboxylic acids is 1. The van der Waals surface area contributed by atoms with Crippen LogP contribution in [0.4, 0.5) is 13.2 Å². The number of carboxylic acid groups (broad SMARTS) is 1. The molecule has 184 valence electrons. The molecular weight excluding hydrogens is 497 g/mol. The number of methoxy groups -OCH3 is 1. The highest BCUT2D eigenvalue weighted by molar-refractivity contribution is 6.36. The molecule has 0 fully saturated rings. The van der Waals surface area contributed by atoms with Crippen LogP contribution < -0.4 is 14.2 Å². The van der Waals surface area contributed by atoms with Crippen molar-refractivity contribution in [1.29, 1.82) is 0 Å². The van der Waals surface area contributed by atoms with Gasteiger partial charge in [0.15, 0.2) is 11.5 Å². The summed E-state index contributed by atoms with van der Waals surface area (Å²) in [5.74, 6) is -1.15. The number of pyridine rings is 1. The summed E-state index contributed by atoms with van der Waals surface area (Å²) in [5.41, 5.74) is 1.31. The minimum Gasteiger partial charge on any atom is -0.495 e. The third-order valence-electron chi connectivity index (χ3n) is 4.09. The van der Waals surface area contributed by atoms with Crippen molar-refractivity contribution < 1.29 is 37.3 Å². The van der Waals surface area contributed by atoms with E-state index in [4.69, 9.17) is 35.7 Å². The molecule has 0 aromatic carbocycles. The van der Waals surface area contributed by atoms with Crippen molar-refractivity contribution in [3.05, 3.63) is 47.9 Å². The molecule has 0 unspecified atom stereocenters. The van der Waals surface area contributed by atoms with E-state index in [2.05, 4.69) is 29.9 Å². The van der Waals surface area contributed by atoms with Gasteiger partial charge in [-0.1, -0.05) is 18.5 Å². The van der Waals surface area contributed by atoms with Gasteiger partial charge in [0.2, 0.25) is 5.88 Å². The fraction of sp³-hybridized carbons (Fsp3) is 0.200. The number of rotatable bonds is 6. The fourth-order valence-electron chi connectivity index (χ4n) is 2.54. The van der Waals surface area contributed by atoms with Gasteiger partial charge < -0.3 is 24.3 Å². The maximum atomic E-state index is 10.6. The Hall–Kier alpha value is -4.20. The van der Waals surface area contributed by atoms with Crippen LogP contribution in [0.3, 0.4) is 0 Å². The van der Waals surface area contributed by atoms with Crippen LogP contribution in [0.25, 0.3) is 11.0 Å². The summed E-state index contributed by atoms with van der Waals surface area (Å²) in [6, 6.07) is 1.75. The highest BCUT2D eigenvalue weighted by Gasteiger charge is 2.38. The Bertz CT molecular complexity index is 1320. The lowest BCUT2D eigenvalue weighted by atomic mass is 10.3. The summed E-state index contributed by atoms with van der Waals surface area (Å²) in [6.45, 7) is 1.98. The Balaban J connectivity index is 0.000000429. The molecule has 15 heteroatoms. The highest BCUT2D eigenvalue weighted by Crippen LogP contribution is 2.37. The van der Waals surface area contributed by atoms with E-state index in [9.17, 15) is 13.2 Å². The number of hydrogen-bond donors (Lipinski definition) is 2. The van der Waals surface area contributed by atoms with Crippen molar-refractivity contribution in [2.24, 2.45) is 0 Å². The van der Waals surface area contributed by atoms with Crippen LogP contribution in [0.15, 0.2) is 37.2 Å². The first-order chi connectivity index (χ1) is 16.6. The standard InChI is InChI=1S/C18H15ClN6O3.C2HF3O2/c1-3-13-15(19)14-16(23-13)24-18(28-12-7-21-9-22-8-12)25-17(14)27-11-4-10(26-2)5-20-6-11;3-2(4,5)1(6)7/h4-9H,3H2,1-2H3,(H,23,24,25);(H,6,7). The molecule has 0 bridgehead atoms.